The number of allylic oxidation sites excluding steroid dienone is 2. The van der Waals surface area contributed by atoms with E-state index in [4.69, 9.17) is 4.74 Å². The van der Waals surface area contributed by atoms with Gasteiger partial charge in [0.2, 0.25) is 5.75 Å². The summed E-state index contributed by atoms with van der Waals surface area (Å²) in [7, 11) is 0. The zero-order chi connectivity index (χ0) is 18.4. The molecule has 0 radical (unpaired) electrons. The van der Waals surface area contributed by atoms with Gasteiger partial charge in [-0.1, -0.05) is 13.8 Å². The lowest BCUT2D eigenvalue weighted by Crippen LogP contribution is -2.28. The predicted octanol–water partition coefficient (Wildman–Crippen LogP) is 3.32. The highest BCUT2D eigenvalue weighted by atomic mass is 16.5. The Balaban J connectivity index is 2.35. The van der Waals surface area contributed by atoms with Gasteiger partial charge < -0.3 is 25.2 Å². The Morgan fingerprint density at radius 1 is 0.960 bits per heavy atom. The molecule has 0 amide bonds. The molecule has 0 saturated heterocycles. The summed E-state index contributed by atoms with van der Waals surface area (Å²) >= 11 is 0. The Bertz CT molecular complexity index is 1030. The van der Waals surface area contributed by atoms with Crippen molar-refractivity contribution < 1.29 is 30.0 Å². The van der Waals surface area contributed by atoms with Gasteiger partial charge in [-0.3, -0.25) is 4.79 Å². The van der Waals surface area contributed by atoms with Crippen LogP contribution in [0.5, 0.6) is 28.7 Å². The Hall–Kier alpha value is -2.89. The molecule has 2 aromatic rings. The van der Waals surface area contributed by atoms with E-state index in [1.165, 1.54) is 6.08 Å². The van der Waals surface area contributed by atoms with Crippen LogP contribution in [0.1, 0.15) is 49.2 Å². The monoisotopic (exact) mass is 342 g/mol. The Kier molecular flexibility index (Phi) is 2.74. The number of carbonyl (C=O) groups is 1. The van der Waals surface area contributed by atoms with Crippen LogP contribution in [0.3, 0.4) is 0 Å². The lowest BCUT2D eigenvalue weighted by molar-refractivity contribution is 0.104. The number of fused-ring (bicyclic) bond motifs is 2. The number of benzene rings is 2. The molecule has 0 saturated carbocycles. The zero-order valence-electron chi connectivity index (χ0n) is 14.3. The van der Waals surface area contributed by atoms with Gasteiger partial charge in [0, 0.05) is 21.9 Å². The van der Waals surface area contributed by atoms with Crippen molar-refractivity contribution in [3.05, 3.63) is 22.8 Å². The molecule has 130 valence electrons. The molecule has 4 rings (SSSR count). The maximum Gasteiger partial charge on any atom is 0.201 e. The maximum atomic E-state index is 12.4. The van der Waals surface area contributed by atoms with Crippen LogP contribution in [0.15, 0.2) is 6.08 Å². The first-order valence-corrected chi connectivity index (χ1v) is 7.98. The fourth-order valence-corrected chi connectivity index (χ4v) is 3.86. The van der Waals surface area contributed by atoms with Gasteiger partial charge >= 0.3 is 0 Å². The van der Waals surface area contributed by atoms with Crippen molar-refractivity contribution >= 4 is 22.1 Å². The lowest BCUT2D eigenvalue weighted by atomic mass is 9.76. The molecular weight excluding hydrogens is 324 g/mol. The van der Waals surface area contributed by atoms with Crippen molar-refractivity contribution in [2.24, 2.45) is 0 Å². The standard InChI is InChI=1S/C19H18O6/c1-6-5-8(20)10-11-9(6)18-13(19(3,4)7(2)25-18)14(21)12(11)16(23)17(24)15(10)22/h5,7,21-24H,1-4H3. The van der Waals surface area contributed by atoms with Crippen molar-refractivity contribution in [1.29, 1.82) is 0 Å². The minimum atomic E-state index is -0.824. The third-order valence-corrected chi connectivity index (χ3v) is 5.54. The molecule has 2 aliphatic rings. The van der Waals surface area contributed by atoms with E-state index < -0.39 is 28.4 Å². The Morgan fingerprint density at radius 3 is 2.24 bits per heavy atom. The van der Waals surface area contributed by atoms with E-state index in [2.05, 4.69) is 0 Å². The summed E-state index contributed by atoms with van der Waals surface area (Å²) in [5.74, 6) is -2.50. The number of ketones is 1. The molecule has 6 heteroatoms. The number of hydrogen-bond acceptors (Lipinski definition) is 6. The molecule has 1 unspecified atom stereocenters. The van der Waals surface area contributed by atoms with Crippen molar-refractivity contribution in [3.8, 4) is 28.7 Å². The number of phenols is 4. The summed E-state index contributed by atoms with van der Waals surface area (Å²) in [5.41, 5.74) is 0.959. The average molecular weight is 342 g/mol. The summed E-state index contributed by atoms with van der Waals surface area (Å²) < 4.78 is 6.00. The van der Waals surface area contributed by atoms with Crippen LogP contribution in [-0.4, -0.2) is 32.3 Å². The van der Waals surface area contributed by atoms with Gasteiger partial charge in [0.05, 0.1) is 10.9 Å². The number of ether oxygens (including phenoxy) is 1. The van der Waals surface area contributed by atoms with E-state index in [1.807, 2.05) is 20.8 Å². The van der Waals surface area contributed by atoms with Crippen LogP contribution < -0.4 is 4.74 Å². The van der Waals surface area contributed by atoms with Crippen LogP contribution in [0.4, 0.5) is 0 Å². The number of phenolic OH excluding ortho intramolecular Hbond substituents is 4. The highest BCUT2D eigenvalue weighted by Gasteiger charge is 2.46. The average Bonchev–Trinajstić information content (AvgIpc) is 2.74. The van der Waals surface area contributed by atoms with E-state index in [-0.39, 0.29) is 28.2 Å². The van der Waals surface area contributed by atoms with Crippen molar-refractivity contribution in [2.75, 3.05) is 0 Å². The van der Waals surface area contributed by atoms with Gasteiger partial charge in [-0.15, -0.1) is 0 Å². The largest absolute Gasteiger partial charge is 0.507 e. The van der Waals surface area contributed by atoms with E-state index >= 15 is 0 Å². The molecule has 0 aromatic heterocycles. The second kappa shape index (κ2) is 4.39. The van der Waals surface area contributed by atoms with E-state index in [0.717, 1.165) is 0 Å². The van der Waals surface area contributed by atoms with Gasteiger partial charge in [-0.2, -0.15) is 0 Å². The number of aromatic hydroxyl groups is 4. The van der Waals surface area contributed by atoms with Crippen LogP contribution in [0.25, 0.3) is 16.3 Å². The smallest absolute Gasteiger partial charge is 0.201 e. The molecule has 4 N–H and O–H groups in total. The summed E-state index contributed by atoms with van der Waals surface area (Å²) in [5, 5.41) is 41.7. The normalized spacial score (nSPS) is 20.4. The van der Waals surface area contributed by atoms with Crippen LogP contribution in [0.2, 0.25) is 0 Å². The maximum absolute atomic E-state index is 12.4. The Morgan fingerprint density at radius 2 is 1.60 bits per heavy atom. The number of carbonyl (C=O) groups excluding carboxylic acids is 1. The van der Waals surface area contributed by atoms with Crippen molar-refractivity contribution in [2.45, 2.75) is 39.2 Å². The molecular formula is C19H18O6. The van der Waals surface area contributed by atoms with Gasteiger partial charge in [-0.05, 0) is 25.5 Å². The molecule has 1 aliphatic carbocycles. The van der Waals surface area contributed by atoms with E-state index in [9.17, 15) is 25.2 Å². The number of hydrogen-bond donors (Lipinski definition) is 4. The molecule has 1 aliphatic heterocycles. The molecule has 1 atom stereocenters. The van der Waals surface area contributed by atoms with Crippen molar-refractivity contribution in [1.82, 2.24) is 0 Å². The number of rotatable bonds is 0. The topological polar surface area (TPSA) is 107 Å². The second-order valence-electron chi connectivity index (χ2n) is 7.27. The highest BCUT2D eigenvalue weighted by molar-refractivity contribution is 6.26. The van der Waals surface area contributed by atoms with Gasteiger partial charge in [0.15, 0.2) is 17.3 Å². The zero-order valence-corrected chi connectivity index (χ0v) is 14.3. The van der Waals surface area contributed by atoms with Gasteiger partial charge in [0.1, 0.15) is 17.6 Å². The first-order valence-electron chi connectivity index (χ1n) is 7.98. The molecule has 25 heavy (non-hydrogen) atoms. The molecule has 2 aromatic carbocycles. The molecule has 0 bridgehead atoms. The summed E-state index contributed by atoms with van der Waals surface area (Å²) in [4.78, 5) is 12.4. The minimum Gasteiger partial charge on any atom is -0.507 e. The van der Waals surface area contributed by atoms with Crippen molar-refractivity contribution in [3.63, 3.8) is 0 Å². The fraction of sp³-hybridized carbons (Fsp3) is 0.316. The fourth-order valence-electron chi connectivity index (χ4n) is 3.86. The highest BCUT2D eigenvalue weighted by Crippen LogP contribution is 2.60. The van der Waals surface area contributed by atoms with E-state index in [0.29, 0.717) is 22.4 Å². The third-order valence-electron chi connectivity index (χ3n) is 5.54. The molecule has 0 spiro atoms. The van der Waals surface area contributed by atoms with Crippen LogP contribution in [-0.2, 0) is 5.41 Å². The van der Waals surface area contributed by atoms with Crippen LogP contribution in [0, 0.1) is 0 Å². The first-order chi connectivity index (χ1) is 11.6. The first kappa shape index (κ1) is 15.6. The molecule has 1 heterocycles. The molecule has 6 nitrogen and oxygen atoms in total. The SMILES string of the molecule is CC1=CC(=O)c2c(O)c(O)c(O)c3c(O)c4c(c1c23)OC(C)C4(C)C. The van der Waals surface area contributed by atoms with E-state index in [1.54, 1.807) is 6.92 Å². The van der Waals surface area contributed by atoms with Gasteiger partial charge in [-0.25, -0.2) is 0 Å². The van der Waals surface area contributed by atoms with Crippen LogP contribution >= 0.6 is 0 Å². The summed E-state index contributed by atoms with van der Waals surface area (Å²) in [6.07, 6.45) is 1.10. The lowest BCUT2D eigenvalue weighted by Gasteiger charge is -2.25. The second-order valence-corrected chi connectivity index (χ2v) is 7.27. The molecule has 0 fully saturated rings. The third kappa shape index (κ3) is 1.61. The minimum absolute atomic E-state index is 0.0503. The summed E-state index contributed by atoms with van der Waals surface area (Å²) in [6, 6.07) is 0. The van der Waals surface area contributed by atoms with Gasteiger partial charge in [0.25, 0.3) is 0 Å². The quantitative estimate of drug-likeness (QED) is 0.547. The Labute approximate surface area is 143 Å². The predicted molar refractivity (Wildman–Crippen MR) is 91.7 cm³/mol. The summed E-state index contributed by atoms with van der Waals surface area (Å²) in [6.45, 7) is 7.42.